The molecule has 2 aliphatic rings. The lowest BCUT2D eigenvalue weighted by Gasteiger charge is -2.34. The second-order valence-corrected chi connectivity index (χ2v) is 10.2. The molecule has 2 fully saturated rings. The Morgan fingerprint density at radius 3 is 2.45 bits per heavy atom. The number of aliphatic carboxylic acids is 1. The second kappa shape index (κ2) is 13.7. The third-order valence-electron chi connectivity index (χ3n) is 7.37. The van der Waals surface area contributed by atoms with Gasteiger partial charge in [-0.25, -0.2) is 4.39 Å². The third-order valence-corrected chi connectivity index (χ3v) is 7.37. The first-order valence-electron chi connectivity index (χ1n) is 14.0. The first kappa shape index (κ1) is 28.0. The Hall–Kier alpha value is -3.00. The van der Waals surface area contributed by atoms with Gasteiger partial charge in [-0.3, -0.25) is 4.79 Å². The zero-order valence-electron chi connectivity index (χ0n) is 22.6. The summed E-state index contributed by atoms with van der Waals surface area (Å²) in [4.78, 5) is 15.7. The number of rotatable bonds is 13. The van der Waals surface area contributed by atoms with Crippen molar-refractivity contribution in [3.05, 3.63) is 48.3 Å². The van der Waals surface area contributed by atoms with Crippen LogP contribution in [-0.4, -0.2) is 62.2 Å². The van der Waals surface area contributed by atoms with Gasteiger partial charge in [-0.1, -0.05) is 19.8 Å². The molecular weight excluding hydrogens is 487 g/mol. The fraction of sp³-hybridized carbons (Fsp3) is 0.567. The predicted octanol–water partition coefficient (Wildman–Crippen LogP) is 5.90. The van der Waals surface area contributed by atoms with Gasteiger partial charge in [0.2, 0.25) is 0 Å². The lowest BCUT2D eigenvalue weighted by Crippen LogP contribution is -2.38. The van der Waals surface area contributed by atoms with E-state index in [2.05, 4.69) is 16.7 Å². The zero-order valence-corrected chi connectivity index (χ0v) is 22.6. The number of carboxylic acid groups (broad SMARTS) is 1. The van der Waals surface area contributed by atoms with Gasteiger partial charge in [0, 0.05) is 56.9 Å². The Labute approximate surface area is 225 Å². The van der Waals surface area contributed by atoms with Crippen molar-refractivity contribution in [1.29, 1.82) is 0 Å². The highest BCUT2D eigenvalue weighted by Gasteiger charge is 2.34. The van der Waals surface area contributed by atoms with Crippen LogP contribution in [0.15, 0.2) is 42.5 Å². The molecule has 2 aliphatic heterocycles. The van der Waals surface area contributed by atoms with Gasteiger partial charge in [-0.2, -0.15) is 0 Å². The summed E-state index contributed by atoms with van der Waals surface area (Å²) in [7, 11) is 0. The number of nitrogens with zero attached hydrogens (tertiary/aromatic N) is 2. The van der Waals surface area contributed by atoms with Gasteiger partial charge in [-0.15, -0.1) is 0 Å². The molecular formula is C30H41FN2O5. The minimum absolute atomic E-state index is 0.0522. The highest BCUT2D eigenvalue weighted by molar-refractivity contribution is 5.69. The lowest BCUT2D eigenvalue weighted by atomic mass is 10.1. The molecule has 7 nitrogen and oxygen atoms in total. The average molecular weight is 529 g/mol. The van der Waals surface area contributed by atoms with Crippen molar-refractivity contribution in [2.45, 2.75) is 77.0 Å². The summed E-state index contributed by atoms with van der Waals surface area (Å²) in [5, 5.41) is 9.42. The molecule has 2 atom stereocenters. The Morgan fingerprint density at radius 2 is 1.76 bits per heavy atom. The Kier molecular flexibility index (Phi) is 10.1. The Morgan fingerprint density at radius 1 is 1.03 bits per heavy atom. The summed E-state index contributed by atoms with van der Waals surface area (Å²) in [5.74, 6) is 0.445. The first-order valence-corrected chi connectivity index (χ1v) is 14.0. The van der Waals surface area contributed by atoms with Gasteiger partial charge >= 0.3 is 5.97 Å². The van der Waals surface area contributed by atoms with Crippen LogP contribution in [0, 0.1) is 5.82 Å². The van der Waals surface area contributed by atoms with E-state index >= 15 is 0 Å². The van der Waals surface area contributed by atoms with Gasteiger partial charge in [0.25, 0.3) is 0 Å². The number of hydrogen-bond donors (Lipinski definition) is 1. The molecule has 0 unspecified atom stereocenters. The number of carboxylic acids is 1. The van der Waals surface area contributed by atoms with Crippen molar-refractivity contribution in [3.63, 3.8) is 0 Å². The molecule has 0 aliphatic carbocycles. The van der Waals surface area contributed by atoms with Crippen molar-refractivity contribution >= 4 is 17.3 Å². The quantitative estimate of drug-likeness (QED) is 0.325. The first-order chi connectivity index (χ1) is 18.5. The van der Waals surface area contributed by atoms with E-state index in [9.17, 15) is 14.3 Å². The molecule has 4 rings (SSSR count). The van der Waals surface area contributed by atoms with Crippen LogP contribution in [0.2, 0.25) is 0 Å². The Bertz CT molecular complexity index is 1030. The lowest BCUT2D eigenvalue weighted by molar-refractivity contribution is -0.137. The molecule has 0 saturated carbocycles. The molecule has 2 heterocycles. The van der Waals surface area contributed by atoms with Crippen LogP contribution >= 0.6 is 0 Å². The molecule has 208 valence electrons. The van der Waals surface area contributed by atoms with Gasteiger partial charge < -0.3 is 29.1 Å². The van der Waals surface area contributed by atoms with Crippen molar-refractivity contribution in [2.24, 2.45) is 0 Å². The number of piperidine rings is 1. The largest absolute Gasteiger partial charge is 0.494 e. The van der Waals surface area contributed by atoms with Crippen molar-refractivity contribution in [3.8, 4) is 11.5 Å². The molecule has 2 aromatic rings. The van der Waals surface area contributed by atoms with Crippen molar-refractivity contribution < 1.29 is 28.5 Å². The van der Waals surface area contributed by atoms with E-state index in [-0.39, 0.29) is 30.5 Å². The van der Waals surface area contributed by atoms with Crippen LogP contribution < -0.4 is 19.3 Å². The van der Waals surface area contributed by atoms with Crippen LogP contribution in [0.25, 0.3) is 0 Å². The minimum atomic E-state index is -0.789. The predicted molar refractivity (Wildman–Crippen MR) is 147 cm³/mol. The average Bonchev–Trinajstić information content (AvgIpc) is 3.30. The number of ether oxygens (including phenoxy) is 3. The van der Waals surface area contributed by atoms with E-state index in [4.69, 9.17) is 14.2 Å². The van der Waals surface area contributed by atoms with Gasteiger partial charge in [-0.05, 0) is 56.2 Å². The molecule has 0 amide bonds. The highest BCUT2D eigenvalue weighted by atomic mass is 19.1. The maximum Gasteiger partial charge on any atom is 0.305 e. The van der Waals surface area contributed by atoms with E-state index < -0.39 is 5.97 Å². The molecule has 1 N–H and O–H groups in total. The second-order valence-electron chi connectivity index (χ2n) is 10.2. The van der Waals surface area contributed by atoms with Gasteiger partial charge in [0.1, 0.15) is 23.4 Å². The maximum atomic E-state index is 14.4. The normalized spacial score (nSPS) is 20.1. The molecule has 0 aromatic heterocycles. The smallest absolute Gasteiger partial charge is 0.305 e. The highest BCUT2D eigenvalue weighted by Crippen LogP contribution is 2.32. The summed E-state index contributed by atoms with van der Waals surface area (Å²) in [6.07, 6.45) is 5.86. The summed E-state index contributed by atoms with van der Waals surface area (Å²) in [6.45, 7) is 7.47. The Balaban J connectivity index is 1.31. The van der Waals surface area contributed by atoms with Gasteiger partial charge in [0.15, 0.2) is 0 Å². The van der Waals surface area contributed by atoms with E-state index in [1.54, 1.807) is 12.1 Å². The molecule has 0 spiro atoms. The van der Waals surface area contributed by atoms with E-state index in [0.29, 0.717) is 37.7 Å². The van der Waals surface area contributed by atoms with Crippen LogP contribution in [0.4, 0.5) is 15.8 Å². The molecule has 2 aromatic carbocycles. The topological polar surface area (TPSA) is 71.5 Å². The number of anilines is 2. The summed E-state index contributed by atoms with van der Waals surface area (Å²) >= 11 is 0. The number of halogens is 1. The minimum Gasteiger partial charge on any atom is -0.494 e. The number of carbonyl (C=O) groups is 1. The number of unbranched alkanes of at least 4 members (excludes halogenated alkanes) is 2. The summed E-state index contributed by atoms with van der Waals surface area (Å²) < 4.78 is 32.3. The monoisotopic (exact) mass is 528 g/mol. The van der Waals surface area contributed by atoms with Crippen LogP contribution in [0.5, 0.6) is 11.5 Å². The third kappa shape index (κ3) is 7.53. The van der Waals surface area contributed by atoms with Crippen LogP contribution in [-0.2, 0) is 9.53 Å². The molecule has 8 heteroatoms. The maximum absolute atomic E-state index is 14.4. The molecule has 0 bridgehead atoms. The van der Waals surface area contributed by atoms with E-state index in [0.717, 1.165) is 56.6 Å². The molecule has 2 saturated heterocycles. The van der Waals surface area contributed by atoms with Crippen molar-refractivity contribution in [2.75, 3.05) is 42.6 Å². The van der Waals surface area contributed by atoms with Crippen LogP contribution in [0.3, 0.4) is 0 Å². The zero-order chi connectivity index (χ0) is 26.9. The molecule has 38 heavy (non-hydrogen) atoms. The fourth-order valence-corrected chi connectivity index (χ4v) is 5.42. The summed E-state index contributed by atoms with van der Waals surface area (Å²) in [6, 6.07) is 12.7. The van der Waals surface area contributed by atoms with E-state index in [1.165, 1.54) is 6.07 Å². The fourth-order valence-electron chi connectivity index (χ4n) is 5.42. The van der Waals surface area contributed by atoms with Gasteiger partial charge in [0.05, 0.1) is 24.8 Å². The van der Waals surface area contributed by atoms with Crippen molar-refractivity contribution in [1.82, 2.24) is 0 Å². The summed E-state index contributed by atoms with van der Waals surface area (Å²) in [5.41, 5.74) is 1.57. The number of benzene rings is 2. The number of hydrogen-bond acceptors (Lipinski definition) is 6. The molecule has 0 radical (unpaired) electrons. The van der Waals surface area contributed by atoms with E-state index in [1.807, 2.05) is 31.2 Å². The SMILES string of the molecule is CCCCCO[C@@H]1C[C@H](CC(=O)O)N(c2ccc(OC3CCN(c4cc(OCC)ccc4F)CC3)cc2)C1. The standard InChI is InChI=1S/C30H41FN2O5/c1-3-5-6-17-37-27-18-23(19-30(34)35)33(21-27)22-7-9-24(10-8-22)38-25-13-15-32(16-14-25)29-20-26(36-4-2)11-12-28(29)31/h7-12,20,23,25,27H,3-6,13-19,21H2,1-2H3,(H,34,35)/t23-,27-/m1/s1. The van der Waals surface area contributed by atoms with Crippen LogP contribution in [0.1, 0.15) is 58.8 Å².